The van der Waals surface area contributed by atoms with Gasteiger partial charge < -0.3 is 5.73 Å². The van der Waals surface area contributed by atoms with Crippen LogP contribution in [0.1, 0.15) is 5.01 Å². The number of benzene rings is 1. The molecule has 0 saturated carbocycles. The van der Waals surface area contributed by atoms with Crippen LogP contribution >= 0.6 is 46.0 Å². The van der Waals surface area contributed by atoms with E-state index < -0.39 is 5.91 Å². The molecule has 5 nitrogen and oxygen atoms in total. The van der Waals surface area contributed by atoms with E-state index in [2.05, 4.69) is 15.2 Å². The van der Waals surface area contributed by atoms with E-state index in [1.54, 1.807) is 0 Å². The maximum Gasteiger partial charge on any atom is 0.224 e. The van der Waals surface area contributed by atoms with E-state index in [4.69, 9.17) is 17.3 Å². The molecule has 0 unspecified atom stereocenters. The number of amides is 1. The van der Waals surface area contributed by atoms with Crippen LogP contribution in [0.4, 0.5) is 0 Å². The molecule has 22 heavy (non-hydrogen) atoms. The predicted molar refractivity (Wildman–Crippen MR) is 89.5 cm³/mol. The number of carbonyl (C=O) groups is 1. The summed E-state index contributed by atoms with van der Waals surface area (Å²) in [6, 6.07) is 7.54. The second-order valence-corrected chi connectivity index (χ2v) is 8.06. The standard InChI is InChI=1S/C13H9ClN4OS3/c14-8-3-1-7(2-4-8)9-6-20-12(16-9)22-13-18-17-11(21-13)5-10(15)19/h1-4,6H,5H2,(H2,15,19). The highest BCUT2D eigenvalue weighted by molar-refractivity contribution is 8.02. The number of rotatable bonds is 5. The van der Waals surface area contributed by atoms with E-state index in [0.29, 0.717) is 10.0 Å². The van der Waals surface area contributed by atoms with Crippen molar-refractivity contribution in [1.29, 1.82) is 0 Å². The van der Waals surface area contributed by atoms with Crippen LogP contribution in [0, 0.1) is 0 Å². The summed E-state index contributed by atoms with van der Waals surface area (Å²) in [6.45, 7) is 0. The Morgan fingerprint density at radius 2 is 2.00 bits per heavy atom. The molecule has 1 amide bonds. The largest absolute Gasteiger partial charge is 0.369 e. The second kappa shape index (κ2) is 6.74. The van der Waals surface area contributed by atoms with Gasteiger partial charge in [0.2, 0.25) is 5.91 Å². The third kappa shape index (κ3) is 3.83. The lowest BCUT2D eigenvalue weighted by atomic mass is 10.2. The van der Waals surface area contributed by atoms with E-state index in [1.807, 2.05) is 29.6 Å². The van der Waals surface area contributed by atoms with Gasteiger partial charge in [-0.3, -0.25) is 4.79 Å². The molecule has 0 aliphatic heterocycles. The predicted octanol–water partition coefficient (Wildman–Crippen LogP) is 3.49. The summed E-state index contributed by atoms with van der Waals surface area (Å²) in [7, 11) is 0. The molecule has 0 aliphatic carbocycles. The molecule has 2 heterocycles. The minimum atomic E-state index is -0.410. The van der Waals surface area contributed by atoms with Crippen molar-refractivity contribution >= 4 is 51.9 Å². The van der Waals surface area contributed by atoms with Crippen LogP contribution in [-0.4, -0.2) is 21.1 Å². The minimum Gasteiger partial charge on any atom is -0.369 e. The molecule has 0 saturated heterocycles. The molecule has 0 spiro atoms. The molecule has 0 atom stereocenters. The summed E-state index contributed by atoms with van der Waals surface area (Å²) in [6.07, 6.45) is 0.117. The molecule has 0 aliphatic rings. The average molecular weight is 369 g/mol. The Hall–Kier alpha value is -1.48. The lowest BCUT2D eigenvalue weighted by Crippen LogP contribution is -2.13. The molecule has 0 radical (unpaired) electrons. The van der Waals surface area contributed by atoms with Crippen LogP contribution in [-0.2, 0) is 11.2 Å². The van der Waals surface area contributed by atoms with Crippen molar-refractivity contribution in [2.75, 3.05) is 0 Å². The number of hydrogen-bond acceptors (Lipinski definition) is 7. The summed E-state index contributed by atoms with van der Waals surface area (Å²) < 4.78 is 1.61. The molecule has 9 heteroatoms. The van der Waals surface area contributed by atoms with Gasteiger partial charge >= 0.3 is 0 Å². The number of aromatic nitrogens is 3. The zero-order valence-corrected chi connectivity index (χ0v) is 14.2. The Bertz CT molecular complexity index is 800. The topological polar surface area (TPSA) is 81.8 Å². The highest BCUT2D eigenvalue weighted by atomic mass is 35.5. The lowest BCUT2D eigenvalue weighted by molar-refractivity contribution is -0.117. The van der Waals surface area contributed by atoms with Gasteiger partial charge in [-0.2, -0.15) is 0 Å². The molecule has 0 fully saturated rings. The second-order valence-electron chi connectivity index (χ2n) is 4.21. The van der Waals surface area contributed by atoms with Gasteiger partial charge in [-0.1, -0.05) is 35.1 Å². The first-order valence-electron chi connectivity index (χ1n) is 6.10. The minimum absolute atomic E-state index is 0.117. The molecule has 3 aromatic rings. The van der Waals surface area contributed by atoms with Gasteiger partial charge in [0.25, 0.3) is 0 Å². The number of nitrogens with zero attached hydrogens (tertiary/aromatic N) is 3. The number of halogens is 1. The Morgan fingerprint density at radius 1 is 1.23 bits per heavy atom. The van der Waals surface area contributed by atoms with Gasteiger partial charge in [0.05, 0.1) is 12.1 Å². The summed E-state index contributed by atoms with van der Waals surface area (Å²) in [5.74, 6) is -0.410. The van der Waals surface area contributed by atoms with Crippen molar-refractivity contribution in [3.05, 3.63) is 39.7 Å². The fraction of sp³-hybridized carbons (Fsp3) is 0.0769. The van der Waals surface area contributed by atoms with Crippen LogP contribution in [0.15, 0.2) is 38.3 Å². The highest BCUT2D eigenvalue weighted by Crippen LogP contribution is 2.34. The summed E-state index contributed by atoms with van der Waals surface area (Å²) in [4.78, 5) is 15.4. The number of thiazole rings is 1. The maximum absolute atomic E-state index is 10.9. The summed E-state index contributed by atoms with van der Waals surface area (Å²) in [5.41, 5.74) is 7.05. The molecular weight excluding hydrogens is 360 g/mol. The van der Waals surface area contributed by atoms with Gasteiger partial charge in [0.1, 0.15) is 5.01 Å². The SMILES string of the molecule is NC(=O)Cc1nnc(Sc2nc(-c3ccc(Cl)cc3)cs2)s1. The normalized spacial score (nSPS) is 10.8. The molecule has 2 aromatic heterocycles. The van der Waals surface area contributed by atoms with Crippen LogP contribution in [0.5, 0.6) is 0 Å². The van der Waals surface area contributed by atoms with Crippen molar-refractivity contribution in [2.45, 2.75) is 15.1 Å². The quantitative estimate of drug-likeness (QED) is 0.745. The van der Waals surface area contributed by atoms with Crippen LogP contribution < -0.4 is 5.73 Å². The molecular formula is C13H9ClN4OS3. The van der Waals surface area contributed by atoms with Gasteiger partial charge in [-0.15, -0.1) is 21.5 Å². The van der Waals surface area contributed by atoms with Crippen molar-refractivity contribution in [3.63, 3.8) is 0 Å². The molecule has 3 rings (SSSR count). The fourth-order valence-corrected chi connectivity index (χ4v) is 4.69. The molecule has 0 bridgehead atoms. The molecule has 112 valence electrons. The van der Waals surface area contributed by atoms with Crippen molar-refractivity contribution in [2.24, 2.45) is 5.73 Å². The Labute approximate surface area is 143 Å². The van der Waals surface area contributed by atoms with E-state index in [-0.39, 0.29) is 6.42 Å². The first kappa shape index (κ1) is 15.4. The first-order chi connectivity index (χ1) is 10.6. The number of carbonyl (C=O) groups excluding carboxylic acids is 1. The van der Waals surface area contributed by atoms with Crippen molar-refractivity contribution in [3.8, 4) is 11.3 Å². The van der Waals surface area contributed by atoms with Crippen molar-refractivity contribution in [1.82, 2.24) is 15.2 Å². The monoisotopic (exact) mass is 368 g/mol. The lowest BCUT2D eigenvalue weighted by Gasteiger charge is -1.95. The highest BCUT2D eigenvalue weighted by Gasteiger charge is 2.11. The Kier molecular flexibility index (Phi) is 4.72. The van der Waals surface area contributed by atoms with E-state index in [0.717, 1.165) is 19.9 Å². The molecule has 1 aromatic carbocycles. The van der Waals surface area contributed by atoms with Crippen molar-refractivity contribution < 1.29 is 4.79 Å². The summed E-state index contributed by atoms with van der Waals surface area (Å²) in [5, 5.41) is 11.3. The van der Waals surface area contributed by atoms with Crippen LogP contribution in [0.2, 0.25) is 5.02 Å². The van der Waals surface area contributed by atoms with Crippen LogP contribution in [0.3, 0.4) is 0 Å². The summed E-state index contributed by atoms with van der Waals surface area (Å²) >= 11 is 10.2. The van der Waals surface area contributed by atoms with Crippen LogP contribution in [0.25, 0.3) is 11.3 Å². The third-order valence-corrected chi connectivity index (χ3v) is 5.74. The zero-order valence-electron chi connectivity index (χ0n) is 11.0. The maximum atomic E-state index is 10.9. The zero-order chi connectivity index (χ0) is 15.5. The number of nitrogens with two attached hydrogens (primary N) is 1. The van der Waals surface area contributed by atoms with Gasteiger partial charge in [-0.05, 0) is 23.9 Å². The molecule has 2 N–H and O–H groups in total. The fourth-order valence-electron chi connectivity index (χ4n) is 1.63. The third-order valence-electron chi connectivity index (χ3n) is 2.57. The Balaban J connectivity index is 1.72. The smallest absolute Gasteiger partial charge is 0.224 e. The van der Waals surface area contributed by atoms with E-state index in [1.165, 1.54) is 34.4 Å². The van der Waals surface area contributed by atoms with Gasteiger partial charge in [-0.25, -0.2) is 4.98 Å². The first-order valence-corrected chi connectivity index (χ1v) is 8.99. The van der Waals surface area contributed by atoms with Gasteiger partial charge in [0.15, 0.2) is 8.68 Å². The Morgan fingerprint density at radius 3 is 2.73 bits per heavy atom. The number of hydrogen-bond donors (Lipinski definition) is 1. The average Bonchev–Trinajstić information content (AvgIpc) is 3.09. The number of primary amides is 1. The van der Waals surface area contributed by atoms with Gasteiger partial charge in [0, 0.05) is 16.0 Å². The van der Waals surface area contributed by atoms with E-state index >= 15 is 0 Å². The van der Waals surface area contributed by atoms with E-state index in [9.17, 15) is 4.79 Å².